The van der Waals surface area contributed by atoms with E-state index in [-0.39, 0.29) is 28.5 Å². The van der Waals surface area contributed by atoms with Crippen molar-refractivity contribution in [3.63, 3.8) is 0 Å². The van der Waals surface area contributed by atoms with Crippen LogP contribution in [0, 0.1) is 23.2 Å². The predicted molar refractivity (Wildman–Crippen MR) is 77.8 cm³/mol. The Morgan fingerprint density at radius 2 is 1.55 bits per heavy atom. The smallest absolute Gasteiger partial charge is 0.256 e. The summed E-state index contributed by atoms with van der Waals surface area (Å²) in [5, 5.41) is 20.5. The maximum Gasteiger partial charge on any atom is 0.256 e. The maximum absolute atomic E-state index is 12.4. The van der Waals surface area contributed by atoms with Crippen LogP contribution in [0.25, 0.3) is 0 Å². The highest BCUT2D eigenvalue weighted by atomic mass is 16.3. The van der Waals surface area contributed by atoms with Gasteiger partial charge in [-0.3, -0.25) is 4.79 Å². The third kappa shape index (κ3) is 2.25. The van der Waals surface area contributed by atoms with E-state index in [2.05, 4.69) is 5.32 Å². The number of amides is 1. The molecule has 4 fully saturated rings. The standard InChI is InChI=1S/C16H24N2O2/c1-9(17)14(10(2)19)15(20)18-16-6-11-3-12(7-16)5-13(4-11)8-16/h11-13,17,19H,3-8H2,1-2H3,(H,18,20). The highest BCUT2D eigenvalue weighted by molar-refractivity contribution is 6.20. The second-order valence-electron chi connectivity index (χ2n) is 7.24. The zero-order chi connectivity index (χ0) is 14.5. The second kappa shape index (κ2) is 4.61. The number of aliphatic hydroxyl groups excluding tert-OH is 1. The molecule has 0 saturated heterocycles. The lowest BCUT2D eigenvalue weighted by molar-refractivity contribution is -0.122. The number of carbonyl (C=O) groups excluding carboxylic acids is 1. The summed E-state index contributed by atoms with van der Waals surface area (Å²) < 4.78 is 0. The Kier molecular flexibility index (Phi) is 3.14. The first-order chi connectivity index (χ1) is 9.38. The molecule has 0 heterocycles. The third-order valence-electron chi connectivity index (χ3n) is 5.38. The molecule has 4 saturated carbocycles. The number of aliphatic hydroxyl groups is 1. The van der Waals surface area contributed by atoms with E-state index >= 15 is 0 Å². The van der Waals surface area contributed by atoms with Crippen molar-refractivity contribution in [2.75, 3.05) is 0 Å². The van der Waals surface area contributed by atoms with Gasteiger partial charge in [0.1, 0.15) is 5.76 Å². The van der Waals surface area contributed by atoms with Crippen molar-refractivity contribution in [2.45, 2.75) is 57.9 Å². The van der Waals surface area contributed by atoms with Crippen molar-refractivity contribution >= 4 is 11.6 Å². The molecule has 0 unspecified atom stereocenters. The molecule has 4 bridgehead atoms. The molecular formula is C16H24N2O2. The van der Waals surface area contributed by atoms with E-state index in [0.29, 0.717) is 0 Å². The first-order valence-corrected chi connectivity index (χ1v) is 7.66. The van der Waals surface area contributed by atoms with E-state index in [4.69, 9.17) is 5.41 Å². The van der Waals surface area contributed by atoms with Gasteiger partial charge in [-0.15, -0.1) is 0 Å². The van der Waals surface area contributed by atoms with Crippen LogP contribution in [0.4, 0.5) is 0 Å². The van der Waals surface area contributed by atoms with Gasteiger partial charge in [-0.1, -0.05) is 0 Å². The maximum atomic E-state index is 12.4. The van der Waals surface area contributed by atoms with Crippen LogP contribution in [0.15, 0.2) is 11.3 Å². The second-order valence-corrected chi connectivity index (χ2v) is 7.24. The fourth-order valence-corrected chi connectivity index (χ4v) is 5.17. The predicted octanol–water partition coefficient (Wildman–Crippen LogP) is 2.94. The Balaban J connectivity index is 1.79. The lowest BCUT2D eigenvalue weighted by Crippen LogP contribution is -2.60. The highest BCUT2D eigenvalue weighted by Gasteiger charge is 2.51. The summed E-state index contributed by atoms with van der Waals surface area (Å²) in [5.41, 5.74) is 0.204. The lowest BCUT2D eigenvalue weighted by Gasteiger charge is -2.56. The topological polar surface area (TPSA) is 73.2 Å². The Morgan fingerprint density at radius 3 is 1.90 bits per heavy atom. The van der Waals surface area contributed by atoms with Gasteiger partial charge in [0.15, 0.2) is 0 Å². The molecule has 20 heavy (non-hydrogen) atoms. The number of hydrogen-bond acceptors (Lipinski definition) is 3. The summed E-state index contributed by atoms with van der Waals surface area (Å²) in [4.78, 5) is 12.4. The fraction of sp³-hybridized carbons (Fsp3) is 0.750. The monoisotopic (exact) mass is 276 g/mol. The molecule has 0 aliphatic heterocycles. The molecule has 4 aliphatic rings. The van der Waals surface area contributed by atoms with Crippen LogP contribution in [0.3, 0.4) is 0 Å². The van der Waals surface area contributed by atoms with Crippen molar-refractivity contribution in [2.24, 2.45) is 17.8 Å². The van der Waals surface area contributed by atoms with E-state index in [9.17, 15) is 9.90 Å². The first-order valence-electron chi connectivity index (χ1n) is 7.66. The summed E-state index contributed by atoms with van der Waals surface area (Å²) >= 11 is 0. The van der Waals surface area contributed by atoms with Crippen LogP contribution in [-0.2, 0) is 4.79 Å². The van der Waals surface area contributed by atoms with E-state index in [0.717, 1.165) is 37.0 Å². The summed E-state index contributed by atoms with van der Waals surface area (Å²) in [6, 6.07) is 0. The van der Waals surface area contributed by atoms with Crippen LogP contribution >= 0.6 is 0 Å². The number of hydrogen-bond donors (Lipinski definition) is 3. The van der Waals surface area contributed by atoms with Gasteiger partial charge < -0.3 is 15.8 Å². The van der Waals surface area contributed by atoms with Gasteiger partial charge in [0.2, 0.25) is 0 Å². The molecule has 4 heteroatoms. The number of carbonyl (C=O) groups is 1. The molecule has 0 spiro atoms. The molecule has 4 aliphatic carbocycles. The van der Waals surface area contributed by atoms with Crippen molar-refractivity contribution in [1.82, 2.24) is 5.32 Å². The molecule has 1 amide bonds. The summed E-state index contributed by atoms with van der Waals surface area (Å²) in [5.74, 6) is 1.99. The average Bonchev–Trinajstić information content (AvgIpc) is 2.23. The van der Waals surface area contributed by atoms with E-state index < -0.39 is 0 Å². The van der Waals surface area contributed by atoms with Gasteiger partial charge in [0.25, 0.3) is 5.91 Å². The molecule has 110 valence electrons. The number of rotatable bonds is 3. The van der Waals surface area contributed by atoms with Gasteiger partial charge in [0.05, 0.1) is 5.57 Å². The number of nitrogens with one attached hydrogen (secondary N) is 2. The molecule has 4 nitrogen and oxygen atoms in total. The van der Waals surface area contributed by atoms with Gasteiger partial charge >= 0.3 is 0 Å². The Bertz CT molecular complexity index is 453. The molecule has 0 aromatic rings. The van der Waals surface area contributed by atoms with E-state index in [1.165, 1.54) is 26.2 Å². The molecule has 3 N–H and O–H groups in total. The van der Waals surface area contributed by atoms with Crippen LogP contribution in [0.5, 0.6) is 0 Å². The molecular weight excluding hydrogens is 252 g/mol. The van der Waals surface area contributed by atoms with Crippen molar-refractivity contribution in [1.29, 1.82) is 5.41 Å². The van der Waals surface area contributed by atoms with Crippen LogP contribution in [0.1, 0.15) is 52.4 Å². The van der Waals surface area contributed by atoms with Crippen molar-refractivity contribution in [3.8, 4) is 0 Å². The zero-order valence-corrected chi connectivity index (χ0v) is 12.3. The lowest BCUT2D eigenvalue weighted by atomic mass is 9.53. The zero-order valence-electron chi connectivity index (χ0n) is 12.3. The summed E-state index contributed by atoms with van der Waals surface area (Å²) in [6.07, 6.45) is 7.25. The Morgan fingerprint density at radius 1 is 1.10 bits per heavy atom. The third-order valence-corrected chi connectivity index (χ3v) is 5.38. The fourth-order valence-electron chi connectivity index (χ4n) is 5.17. The Hall–Kier alpha value is -1.32. The van der Waals surface area contributed by atoms with Crippen LogP contribution in [-0.4, -0.2) is 22.3 Å². The van der Waals surface area contributed by atoms with Gasteiger partial charge in [-0.05, 0) is 70.1 Å². The summed E-state index contributed by atoms with van der Waals surface area (Å²) in [7, 11) is 0. The van der Waals surface area contributed by atoms with Crippen LogP contribution < -0.4 is 5.32 Å². The SMILES string of the molecule is CC(=N)C(C(=O)NC12CC3CC(CC(C3)C1)C2)=C(C)O. The van der Waals surface area contributed by atoms with E-state index in [1.54, 1.807) is 6.92 Å². The largest absolute Gasteiger partial charge is 0.512 e. The van der Waals surface area contributed by atoms with Gasteiger partial charge in [0, 0.05) is 11.3 Å². The van der Waals surface area contributed by atoms with Crippen molar-refractivity contribution in [3.05, 3.63) is 11.3 Å². The minimum absolute atomic E-state index is 0.0558. The minimum atomic E-state index is -0.264. The first kappa shape index (κ1) is 13.7. The molecule has 0 radical (unpaired) electrons. The summed E-state index contributed by atoms with van der Waals surface area (Å²) in [6.45, 7) is 3.03. The molecule has 4 rings (SSSR count). The average molecular weight is 276 g/mol. The normalized spacial score (nSPS) is 39.4. The molecule has 0 atom stereocenters. The highest BCUT2D eigenvalue weighted by Crippen LogP contribution is 2.55. The Labute approximate surface area is 120 Å². The molecule has 0 aromatic heterocycles. The van der Waals surface area contributed by atoms with E-state index in [1.807, 2.05) is 0 Å². The van der Waals surface area contributed by atoms with Crippen molar-refractivity contribution < 1.29 is 9.90 Å². The van der Waals surface area contributed by atoms with Gasteiger partial charge in [-0.2, -0.15) is 0 Å². The quantitative estimate of drug-likeness (QED) is 0.421. The van der Waals surface area contributed by atoms with Crippen LogP contribution in [0.2, 0.25) is 0 Å². The minimum Gasteiger partial charge on any atom is -0.512 e. The molecule has 0 aromatic carbocycles. The number of allylic oxidation sites excluding steroid dienone is 1. The van der Waals surface area contributed by atoms with Gasteiger partial charge in [-0.25, -0.2) is 0 Å².